The van der Waals surface area contributed by atoms with E-state index in [9.17, 15) is 4.79 Å². The van der Waals surface area contributed by atoms with Crippen molar-refractivity contribution in [3.8, 4) is 0 Å². The fraction of sp³-hybridized carbons (Fsp3) is 0.700. The van der Waals surface area contributed by atoms with Crippen LogP contribution in [-0.2, 0) is 11.8 Å². The number of hydrogen-bond donors (Lipinski definition) is 2. The number of nitrogens with zero attached hydrogens (tertiary/aromatic N) is 3. The molecule has 2 N–H and O–H groups in total. The van der Waals surface area contributed by atoms with E-state index < -0.39 is 12.0 Å². The van der Waals surface area contributed by atoms with Crippen LogP contribution in [0, 0.1) is 0 Å². The zero-order valence-electron chi connectivity index (χ0n) is 10.3. The summed E-state index contributed by atoms with van der Waals surface area (Å²) in [5.41, 5.74) is 0. The van der Waals surface area contributed by atoms with Crippen LogP contribution < -0.4 is 5.32 Å². The first kappa shape index (κ1) is 14.0. The Bertz CT molecular complexity index is 367. The minimum Gasteiger partial charge on any atom is -0.480 e. The number of aryl methyl sites for hydroxylation is 1. The number of aliphatic carboxylic acids is 1. The van der Waals surface area contributed by atoms with Gasteiger partial charge >= 0.3 is 5.97 Å². The van der Waals surface area contributed by atoms with Gasteiger partial charge in [0.05, 0.1) is 0 Å². The van der Waals surface area contributed by atoms with Crippen molar-refractivity contribution in [1.29, 1.82) is 0 Å². The van der Waals surface area contributed by atoms with Crippen LogP contribution in [0.25, 0.3) is 0 Å². The second-order valence-corrected chi connectivity index (χ2v) is 5.14. The Morgan fingerprint density at radius 3 is 2.82 bits per heavy atom. The number of aromatic nitrogens is 3. The molecule has 0 bridgehead atoms. The molecule has 6 nitrogen and oxygen atoms in total. The highest BCUT2D eigenvalue weighted by atomic mass is 32.2. The molecular weight excluding hydrogens is 240 g/mol. The Kier molecular flexibility index (Phi) is 5.43. The highest BCUT2D eigenvalue weighted by Crippen LogP contribution is 2.15. The lowest BCUT2D eigenvalue weighted by atomic mass is 10.2. The Balaban J connectivity index is 2.37. The van der Waals surface area contributed by atoms with Crippen LogP contribution in [0.1, 0.15) is 20.3 Å². The van der Waals surface area contributed by atoms with Gasteiger partial charge < -0.3 is 15.0 Å². The molecule has 0 fully saturated rings. The van der Waals surface area contributed by atoms with Gasteiger partial charge in [-0.15, -0.1) is 10.2 Å². The van der Waals surface area contributed by atoms with Crippen LogP contribution >= 0.6 is 11.8 Å². The van der Waals surface area contributed by atoms with Gasteiger partial charge in [-0.1, -0.05) is 25.6 Å². The molecule has 0 amide bonds. The Labute approximate surface area is 105 Å². The molecule has 0 saturated heterocycles. The van der Waals surface area contributed by atoms with Gasteiger partial charge in [0.2, 0.25) is 0 Å². The maximum absolute atomic E-state index is 11.0. The lowest BCUT2D eigenvalue weighted by Gasteiger charge is -2.16. The molecule has 1 aromatic rings. The third-order valence-corrected chi connectivity index (χ3v) is 3.21. The summed E-state index contributed by atoms with van der Waals surface area (Å²) in [5.74, 6) is -0.110. The second-order valence-electron chi connectivity index (χ2n) is 4.07. The molecule has 0 aromatic carbocycles. The highest BCUT2D eigenvalue weighted by Gasteiger charge is 2.17. The number of carboxylic acid groups (broad SMARTS) is 1. The molecule has 96 valence electrons. The van der Waals surface area contributed by atoms with E-state index in [1.54, 1.807) is 6.33 Å². The van der Waals surface area contributed by atoms with Crippen LogP contribution in [0.15, 0.2) is 11.5 Å². The number of nitrogens with one attached hydrogen (secondary N) is 1. The van der Waals surface area contributed by atoms with E-state index in [1.807, 2.05) is 25.5 Å². The maximum atomic E-state index is 11.0. The summed E-state index contributed by atoms with van der Waals surface area (Å²) >= 11 is 1.51. The fourth-order valence-electron chi connectivity index (χ4n) is 1.35. The molecule has 7 heteroatoms. The summed E-state index contributed by atoms with van der Waals surface area (Å²) in [7, 11) is 1.86. The highest BCUT2D eigenvalue weighted by molar-refractivity contribution is 7.99. The van der Waals surface area contributed by atoms with Crippen LogP contribution in [0.3, 0.4) is 0 Å². The summed E-state index contributed by atoms with van der Waals surface area (Å²) in [6.07, 6.45) is 2.19. The minimum atomic E-state index is -0.808. The summed E-state index contributed by atoms with van der Waals surface area (Å²) in [4.78, 5) is 11.0. The predicted octanol–water partition coefficient (Wildman–Crippen LogP) is 0.748. The van der Waals surface area contributed by atoms with Gasteiger partial charge in [0.1, 0.15) is 12.4 Å². The van der Waals surface area contributed by atoms with Crippen LogP contribution in [-0.4, -0.2) is 43.7 Å². The largest absolute Gasteiger partial charge is 0.480 e. The van der Waals surface area contributed by atoms with Crippen molar-refractivity contribution >= 4 is 17.7 Å². The number of carboxylic acids is 1. The molecule has 1 heterocycles. The number of carbonyl (C=O) groups is 1. The molecule has 1 atom stereocenters. The normalized spacial score (nSPS) is 12.9. The number of rotatable bonds is 7. The first-order valence-corrected chi connectivity index (χ1v) is 6.45. The van der Waals surface area contributed by atoms with E-state index in [-0.39, 0.29) is 6.04 Å². The van der Waals surface area contributed by atoms with Crippen molar-refractivity contribution in [2.24, 2.45) is 7.05 Å². The number of hydrogen-bond acceptors (Lipinski definition) is 5. The Hall–Kier alpha value is -1.08. The molecule has 17 heavy (non-hydrogen) atoms. The van der Waals surface area contributed by atoms with E-state index in [0.717, 1.165) is 5.16 Å². The zero-order chi connectivity index (χ0) is 12.8. The van der Waals surface area contributed by atoms with Crippen molar-refractivity contribution in [3.63, 3.8) is 0 Å². The molecule has 0 spiro atoms. The van der Waals surface area contributed by atoms with Gasteiger partial charge in [0.15, 0.2) is 5.16 Å². The average Bonchev–Trinajstić information content (AvgIpc) is 2.62. The lowest BCUT2D eigenvalue weighted by Crippen LogP contribution is -2.41. The molecule has 0 aliphatic carbocycles. The molecule has 0 radical (unpaired) electrons. The fourth-order valence-corrected chi connectivity index (χ4v) is 2.24. The van der Waals surface area contributed by atoms with Crippen LogP contribution in [0.5, 0.6) is 0 Å². The standard InChI is InChI=1S/C10H18N4O2S/c1-7(2)12-8(9(15)16)4-5-17-10-13-11-6-14(10)3/h6-8,12H,4-5H2,1-3H3,(H,15,16). The van der Waals surface area contributed by atoms with Gasteiger partial charge in [0, 0.05) is 18.8 Å². The molecule has 1 aromatic heterocycles. The summed E-state index contributed by atoms with van der Waals surface area (Å²) in [5, 5.41) is 20.5. The minimum absolute atomic E-state index is 0.163. The van der Waals surface area contributed by atoms with Crippen LogP contribution in [0.2, 0.25) is 0 Å². The van der Waals surface area contributed by atoms with Gasteiger partial charge in [-0.25, -0.2) is 0 Å². The average molecular weight is 258 g/mol. The summed E-state index contributed by atoms with van der Waals surface area (Å²) in [6.45, 7) is 3.87. The maximum Gasteiger partial charge on any atom is 0.320 e. The lowest BCUT2D eigenvalue weighted by molar-refractivity contribution is -0.139. The van der Waals surface area contributed by atoms with Gasteiger partial charge in [0.25, 0.3) is 0 Å². The summed E-state index contributed by atoms with van der Waals surface area (Å²) < 4.78 is 1.82. The van der Waals surface area contributed by atoms with Crippen LogP contribution in [0.4, 0.5) is 0 Å². The van der Waals surface area contributed by atoms with Crippen molar-refractivity contribution in [2.45, 2.75) is 37.5 Å². The quantitative estimate of drug-likeness (QED) is 0.702. The van der Waals surface area contributed by atoms with E-state index in [1.165, 1.54) is 11.8 Å². The third kappa shape index (κ3) is 4.74. The smallest absolute Gasteiger partial charge is 0.320 e. The Morgan fingerprint density at radius 2 is 2.35 bits per heavy atom. The van der Waals surface area contributed by atoms with Gasteiger partial charge in [-0.05, 0) is 6.42 Å². The van der Waals surface area contributed by atoms with E-state index in [4.69, 9.17) is 5.11 Å². The molecule has 1 unspecified atom stereocenters. The van der Waals surface area contributed by atoms with Crippen molar-refractivity contribution in [2.75, 3.05) is 5.75 Å². The zero-order valence-corrected chi connectivity index (χ0v) is 11.1. The molecular formula is C10H18N4O2S. The van der Waals surface area contributed by atoms with E-state index in [2.05, 4.69) is 15.5 Å². The van der Waals surface area contributed by atoms with Gasteiger partial charge in [-0.2, -0.15) is 0 Å². The van der Waals surface area contributed by atoms with Crippen molar-refractivity contribution < 1.29 is 9.90 Å². The van der Waals surface area contributed by atoms with Gasteiger partial charge in [-0.3, -0.25) is 4.79 Å². The number of thioether (sulfide) groups is 1. The van der Waals surface area contributed by atoms with E-state index >= 15 is 0 Å². The molecule has 1 rings (SSSR count). The summed E-state index contributed by atoms with van der Waals surface area (Å²) in [6, 6.07) is -0.341. The van der Waals surface area contributed by atoms with Crippen molar-refractivity contribution in [3.05, 3.63) is 6.33 Å². The Morgan fingerprint density at radius 1 is 1.65 bits per heavy atom. The van der Waals surface area contributed by atoms with E-state index in [0.29, 0.717) is 12.2 Å². The first-order valence-electron chi connectivity index (χ1n) is 5.46. The topological polar surface area (TPSA) is 80.0 Å². The second kappa shape index (κ2) is 6.61. The predicted molar refractivity (Wildman–Crippen MR) is 66.0 cm³/mol. The molecule has 0 aliphatic heterocycles. The molecule has 0 aliphatic rings. The SMILES string of the molecule is CC(C)NC(CCSc1nncn1C)C(=O)O. The van der Waals surface area contributed by atoms with Crippen molar-refractivity contribution in [1.82, 2.24) is 20.1 Å². The monoisotopic (exact) mass is 258 g/mol. The third-order valence-electron chi connectivity index (χ3n) is 2.14. The molecule has 0 saturated carbocycles. The first-order chi connectivity index (χ1) is 8.00.